The van der Waals surface area contributed by atoms with Crippen LogP contribution in [0.15, 0.2) is 0 Å². The van der Waals surface area contributed by atoms with E-state index in [4.69, 9.17) is 14.2 Å². The fourth-order valence-electron chi connectivity index (χ4n) is 2.75. The van der Waals surface area contributed by atoms with Crippen molar-refractivity contribution in [2.45, 2.75) is 58.3 Å². The van der Waals surface area contributed by atoms with Crippen LogP contribution in [0.25, 0.3) is 0 Å². The molecule has 0 atom stereocenters. The molecule has 0 bridgehead atoms. The first-order valence-electron chi connectivity index (χ1n) is 7.75. The van der Waals surface area contributed by atoms with E-state index in [1.165, 1.54) is 32.8 Å². The molecule has 0 unspecified atom stereocenters. The van der Waals surface area contributed by atoms with Crippen LogP contribution in [0.1, 0.15) is 46.0 Å². The third-order valence-electron chi connectivity index (χ3n) is 3.76. The average molecular weight is 287 g/mol. The van der Waals surface area contributed by atoms with Gasteiger partial charge in [0.25, 0.3) is 0 Å². The largest absolute Gasteiger partial charge is 0.468 e. The molecule has 20 heavy (non-hydrogen) atoms. The van der Waals surface area contributed by atoms with Gasteiger partial charge in [0.2, 0.25) is 0 Å². The molecular formula is C15H29NO4. The van der Waals surface area contributed by atoms with E-state index in [1.54, 1.807) is 0 Å². The second-order valence-corrected chi connectivity index (χ2v) is 5.11. The Hall–Kier alpha value is -0.650. The zero-order chi connectivity index (χ0) is 14.8. The SMILES string of the molecule is CCOC(CCN(CC(=O)OC)C1CCCC1)OCC. The summed E-state index contributed by atoms with van der Waals surface area (Å²) < 4.78 is 15.9. The predicted molar refractivity (Wildman–Crippen MR) is 77.5 cm³/mol. The average Bonchev–Trinajstić information content (AvgIpc) is 2.97. The Morgan fingerprint density at radius 2 is 1.80 bits per heavy atom. The van der Waals surface area contributed by atoms with E-state index < -0.39 is 0 Å². The standard InChI is InChI=1S/C15H29NO4/c1-4-19-15(20-5-2)10-11-16(12-14(17)18-3)13-8-6-7-9-13/h13,15H,4-12H2,1-3H3. The number of hydrogen-bond donors (Lipinski definition) is 0. The Bertz CT molecular complexity index is 261. The van der Waals surface area contributed by atoms with E-state index >= 15 is 0 Å². The van der Waals surface area contributed by atoms with Gasteiger partial charge in [0.05, 0.1) is 13.7 Å². The van der Waals surface area contributed by atoms with Crippen LogP contribution in [0.5, 0.6) is 0 Å². The normalized spacial score (nSPS) is 16.2. The van der Waals surface area contributed by atoms with E-state index in [-0.39, 0.29) is 12.3 Å². The van der Waals surface area contributed by atoms with Crippen molar-refractivity contribution >= 4 is 5.97 Å². The van der Waals surface area contributed by atoms with Crippen LogP contribution in [-0.4, -0.2) is 56.6 Å². The lowest BCUT2D eigenvalue weighted by Crippen LogP contribution is -2.40. The molecule has 0 radical (unpaired) electrons. The molecule has 1 aliphatic carbocycles. The van der Waals surface area contributed by atoms with E-state index in [1.807, 2.05) is 13.8 Å². The molecule has 0 amide bonds. The number of methoxy groups -OCH3 is 1. The van der Waals surface area contributed by atoms with Gasteiger partial charge in [0.15, 0.2) is 6.29 Å². The van der Waals surface area contributed by atoms with E-state index in [0.29, 0.717) is 25.8 Å². The lowest BCUT2D eigenvalue weighted by Gasteiger charge is -2.29. The highest BCUT2D eigenvalue weighted by Crippen LogP contribution is 2.24. The summed E-state index contributed by atoms with van der Waals surface area (Å²) >= 11 is 0. The van der Waals surface area contributed by atoms with Crippen LogP contribution < -0.4 is 0 Å². The maximum absolute atomic E-state index is 11.5. The molecular weight excluding hydrogens is 258 g/mol. The first-order valence-corrected chi connectivity index (χ1v) is 7.75. The summed E-state index contributed by atoms with van der Waals surface area (Å²) in [6.07, 6.45) is 5.46. The lowest BCUT2D eigenvalue weighted by molar-refractivity contribution is -0.148. The molecule has 0 aromatic heterocycles. The van der Waals surface area contributed by atoms with Crippen molar-refractivity contribution in [3.63, 3.8) is 0 Å². The molecule has 1 saturated carbocycles. The first kappa shape index (κ1) is 17.4. The smallest absolute Gasteiger partial charge is 0.319 e. The Kier molecular flexibility index (Phi) is 8.82. The van der Waals surface area contributed by atoms with Gasteiger partial charge in [0.1, 0.15) is 0 Å². The molecule has 1 rings (SSSR count). The third kappa shape index (κ3) is 6.20. The maximum atomic E-state index is 11.5. The Labute approximate surface area is 122 Å². The van der Waals surface area contributed by atoms with Crippen LogP contribution in [0.3, 0.4) is 0 Å². The highest BCUT2D eigenvalue weighted by Gasteiger charge is 2.25. The van der Waals surface area contributed by atoms with Crippen LogP contribution in [0, 0.1) is 0 Å². The van der Waals surface area contributed by atoms with E-state index in [0.717, 1.165) is 13.0 Å². The number of carbonyl (C=O) groups excluding carboxylic acids is 1. The lowest BCUT2D eigenvalue weighted by atomic mass is 10.2. The van der Waals surface area contributed by atoms with Crippen molar-refractivity contribution < 1.29 is 19.0 Å². The summed E-state index contributed by atoms with van der Waals surface area (Å²) in [5.41, 5.74) is 0. The van der Waals surface area contributed by atoms with Crippen LogP contribution in [-0.2, 0) is 19.0 Å². The monoisotopic (exact) mass is 287 g/mol. The fraction of sp³-hybridized carbons (Fsp3) is 0.933. The van der Waals surface area contributed by atoms with Crippen molar-refractivity contribution in [1.29, 1.82) is 0 Å². The predicted octanol–water partition coefficient (Wildman–Crippen LogP) is 2.19. The molecule has 0 saturated heterocycles. The summed E-state index contributed by atoms with van der Waals surface area (Å²) in [5.74, 6) is -0.165. The number of hydrogen-bond acceptors (Lipinski definition) is 5. The van der Waals surface area contributed by atoms with Crippen molar-refractivity contribution in [2.24, 2.45) is 0 Å². The van der Waals surface area contributed by atoms with Gasteiger partial charge in [-0.15, -0.1) is 0 Å². The molecule has 1 aliphatic rings. The van der Waals surface area contributed by atoms with Gasteiger partial charge in [-0.25, -0.2) is 0 Å². The zero-order valence-corrected chi connectivity index (χ0v) is 13.1. The van der Waals surface area contributed by atoms with Gasteiger partial charge >= 0.3 is 5.97 Å². The molecule has 5 nitrogen and oxygen atoms in total. The Morgan fingerprint density at radius 1 is 1.20 bits per heavy atom. The number of esters is 1. The minimum Gasteiger partial charge on any atom is -0.468 e. The van der Waals surface area contributed by atoms with E-state index in [2.05, 4.69) is 4.90 Å². The number of ether oxygens (including phenoxy) is 3. The molecule has 0 heterocycles. The van der Waals surface area contributed by atoms with Crippen molar-refractivity contribution in [3.8, 4) is 0 Å². The molecule has 0 aliphatic heterocycles. The van der Waals surface area contributed by atoms with Crippen LogP contribution in [0.4, 0.5) is 0 Å². The van der Waals surface area contributed by atoms with Gasteiger partial charge in [-0.2, -0.15) is 0 Å². The maximum Gasteiger partial charge on any atom is 0.319 e. The Morgan fingerprint density at radius 3 is 2.30 bits per heavy atom. The second-order valence-electron chi connectivity index (χ2n) is 5.11. The molecule has 1 fully saturated rings. The van der Waals surface area contributed by atoms with Crippen LogP contribution in [0.2, 0.25) is 0 Å². The van der Waals surface area contributed by atoms with Gasteiger partial charge in [-0.05, 0) is 26.7 Å². The Balaban J connectivity index is 2.47. The summed E-state index contributed by atoms with van der Waals surface area (Å²) in [4.78, 5) is 13.8. The van der Waals surface area contributed by atoms with Gasteiger partial charge in [-0.1, -0.05) is 12.8 Å². The summed E-state index contributed by atoms with van der Waals surface area (Å²) in [6.45, 7) is 6.40. The van der Waals surface area contributed by atoms with Gasteiger partial charge < -0.3 is 14.2 Å². The molecule has 0 N–H and O–H groups in total. The van der Waals surface area contributed by atoms with E-state index in [9.17, 15) is 4.79 Å². The third-order valence-corrected chi connectivity index (χ3v) is 3.76. The number of carbonyl (C=O) groups is 1. The van der Waals surface area contributed by atoms with Gasteiger partial charge in [0, 0.05) is 32.2 Å². The van der Waals surface area contributed by atoms with Crippen molar-refractivity contribution in [1.82, 2.24) is 4.90 Å². The summed E-state index contributed by atoms with van der Waals surface area (Å²) in [6, 6.07) is 0.498. The zero-order valence-electron chi connectivity index (χ0n) is 13.1. The van der Waals surface area contributed by atoms with Gasteiger partial charge in [-0.3, -0.25) is 9.69 Å². The molecule has 0 aromatic carbocycles. The summed E-state index contributed by atoms with van der Waals surface area (Å²) in [5, 5.41) is 0. The molecule has 5 heteroatoms. The minimum absolute atomic E-state index is 0.165. The first-order chi connectivity index (χ1) is 9.71. The number of rotatable bonds is 10. The molecule has 118 valence electrons. The minimum atomic E-state index is -0.174. The summed E-state index contributed by atoms with van der Waals surface area (Å²) in [7, 11) is 1.44. The number of nitrogens with zero attached hydrogens (tertiary/aromatic N) is 1. The van der Waals surface area contributed by atoms with Crippen LogP contribution >= 0.6 is 0 Å². The second kappa shape index (κ2) is 10.1. The molecule has 0 aromatic rings. The topological polar surface area (TPSA) is 48.0 Å². The highest BCUT2D eigenvalue weighted by molar-refractivity contribution is 5.71. The highest BCUT2D eigenvalue weighted by atomic mass is 16.7. The fourth-order valence-corrected chi connectivity index (χ4v) is 2.75. The van der Waals surface area contributed by atoms with Crippen molar-refractivity contribution in [3.05, 3.63) is 0 Å². The van der Waals surface area contributed by atoms with Crippen molar-refractivity contribution in [2.75, 3.05) is 33.4 Å². The molecule has 0 spiro atoms. The quantitative estimate of drug-likeness (QED) is 0.455.